The second-order valence-corrected chi connectivity index (χ2v) is 5.41. The fraction of sp³-hybridized carbons (Fsp3) is 0.636. The van der Waals surface area contributed by atoms with Crippen LogP contribution in [-0.2, 0) is 9.59 Å². The summed E-state index contributed by atoms with van der Waals surface area (Å²) >= 11 is 1.44. The number of rotatable bonds is 4. The average molecular weight is 253 g/mol. The SMILES string of the molecule is CC(=O)Nc1nnc(C2CCC(CC=O)C2)s1. The van der Waals surface area contributed by atoms with Gasteiger partial charge < -0.3 is 10.1 Å². The number of aldehydes is 1. The van der Waals surface area contributed by atoms with Crippen molar-refractivity contribution in [1.29, 1.82) is 0 Å². The van der Waals surface area contributed by atoms with E-state index in [9.17, 15) is 9.59 Å². The van der Waals surface area contributed by atoms with Crippen molar-refractivity contribution in [2.75, 3.05) is 5.32 Å². The van der Waals surface area contributed by atoms with Gasteiger partial charge in [0.25, 0.3) is 0 Å². The minimum Gasteiger partial charge on any atom is -0.303 e. The molecule has 5 nitrogen and oxygen atoms in total. The molecule has 1 aliphatic rings. The Bertz CT molecular complexity index is 419. The van der Waals surface area contributed by atoms with Gasteiger partial charge in [-0.1, -0.05) is 11.3 Å². The number of hydrogen-bond donors (Lipinski definition) is 1. The van der Waals surface area contributed by atoms with Gasteiger partial charge in [-0.2, -0.15) is 0 Å². The molecular weight excluding hydrogens is 238 g/mol. The molecule has 0 radical (unpaired) electrons. The van der Waals surface area contributed by atoms with E-state index in [1.54, 1.807) is 0 Å². The number of aromatic nitrogens is 2. The van der Waals surface area contributed by atoms with Gasteiger partial charge in [0.15, 0.2) is 0 Å². The third-order valence-electron chi connectivity index (χ3n) is 3.04. The van der Waals surface area contributed by atoms with E-state index in [4.69, 9.17) is 0 Å². The van der Waals surface area contributed by atoms with E-state index in [1.807, 2.05) is 0 Å². The number of amides is 1. The van der Waals surface area contributed by atoms with E-state index >= 15 is 0 Å². The van der Waals surface area contributed by atoms with Gasteiger partial charge in [0.1, 0.15) is 11.3 Å². The van der Waals surface area contributed by atoms with Crippen LogP contribution in [0.5, 0.6) is 0 Å². The van der Waals surface area contributed by atoms with Crippen LogP contribution < -0.4 is 5.32 Å². The minimum atomic E-state index is -0.127. The summed E-state index contributed by atoms with van der Waals surface area (Å²) in [4.78, 5) is 21.3. The van der Waals surface area contributed by atoms with Gasteiger partial charge in [-0.05, 0) is 25.2 Å². The monoisotopic (exact) mass is 253 g/mol. The molecule has 1 amide bonds. The summed E-state index contributed by atoms with van der Waals surface area (Å²) in [5.74, 6) is 0.767. The molecule has 1 aromatic rings. The lowest BCUT2D eigenvalue weighted by Gasteiger charge is -2.04. The Morgan fingerprint density at radius 1 is 1.53 bits per heavy atom. The molecule has 0 aliphatic heterocycles. The first-order valence-corrected chi connectivity index (χ1v) is 6.55. The van der Waals surface area contributed by atoms with Crippen molar-refractivity contribution in [3.63, 3.8) is 0 Å². The van der Waals surface area contributed by atoms with Crippen molar-refractivity contribution in [3.05, 3.63) is 5.01 Å². The molecule has 0 aromatic carbocycles. The number of nitrogens with one attached hydrogen (secondary N) is 1. The predicted molar refractivity (Wildman–Crippen MR) is 65.0 cm³/mol. The minimum absolute atomic E-state index is 0.127. The summed E-state index contributed by atoms with van der Waals surface area (Å²) in [6.07, 6.45) is 4.79. The number of hydrogen-bond acceptors (Lipinski definition) is 5. The third-order valence-corrected chi connectivity index (χ3v) is 4.04. The molecule has 1 saturated carbocycles. The first-order valence-electron chi connectivity index (χ1n) is 5.73. The zero-order valence-corrected chi connectivity index (χ0v) is 10.5. The van der Waals surface area contributed by atoms with E-state index in [2.05, 4.69) is 15.5 Å². The van der Waals surface area contributed by atoms with Gasteiger partial charge >= 0.3 is 0 Å². The molecule has 2 unspecified atom stereocenters. The van der Waals surface area contributed by atoms with Crippen LogP contribution in [0.4, 0.5) is 5.13 Å². The van der Waals surface area contributed by atoms with Gasteiger partial charge in [0, 0.05) is 19.3 Å². The first kappa shape index (κ1) is 12.2. The van der Waals surface area contributed by atoms with Crippen LogP contribution in [0.25, 0.3) is 0 Å². The van der Waals surface area contributed by atoms with Gasteiger partial charge in [-0.3, -0.25) is 4.79 Å². The highest BCUT2D eigenvalue weighted by atomic mass is 32.1. The van der Waals surface area contributed by atoms with Gasteiger partial charge in [0.05, 0.1) is 0 Å². The quantitative estimate of drug-likeness (QED) is 0.833. The normalized spacial score (nSPS) is 23.6. The highest BCUT2D eigenvalue weighted by Crippen LogP contribution is 2.40. The van der Waals surface area contributed by atoms with Crippen LogP contribution in [0.1, 0.15) is 43.5 Å². The highest BCUT2D eigenvalue weighted by Gasteiger charge is 2.28. The first-order chi connectivity index (χ1) is 8.19. The Morgan fingerprint density at radius 3 is 3.06 bits per heavy atom. The zero-order valence-electron chi connectivity index (χ0n) is 9.68. The van der Waals surface area contributed by atoms with E-state index in [1.165, 1.54) is 18.3 Å². The Hall–Kier alpha value is -1.30. The van der Waals surface area contributed by atoms with Crippen LogP contribution in [-0.4, -0.2) is 22.4 Å². The Morgan fingerprint density at radius 2 is 2.35 bits per heavy atom. The molecule has 1 fully saturated rings. The molecule has 1 aliphatic carbocycles. The molecular formula is C11H15N3O2S. The summed E-state index contributed by atoms with van der Waals surface area (Å²) in [6.45, 7) is 1.46. The maximum absolute atomic E-state index is 10.9. The number of carbonyl (C=O) groups is 2. The maximum Gasteiger partial charge on any atom is 0.223 e. The summed E-state index contributed by atoms with van der Waals surface area (Å²) in [6, 6.07) is 0. The Balaban J connectivity index is 1.96. The lowest BCUT2D eigenvalue weighted by atomic mass is 10.0. The molecule has 0 spiro atoms. The number of anilines is 1. The molecule has 2 atom stereocenters. The molecule has 17 heavy (non-hydrogen) atoms. The molecule has 1 N–H and O–H groups in total. The molecule has 1 aromatic heterocycles. The number of carbonyl (C=O) groups excluding carboxylic acids is 2. The van der Waals surface area contributed by atoms with Crippen molar-refractivity contribution < 1.29 is 9.59 Å². The van der Waals surface area contributed by atoms with Crippen molar-refractivity contribution in [2.45, 2.75) is 38.5 Å². The van der Waals surface area contributed by atoms with Crippen LogP contribution >= 0.6 is 11.3 Å². The largest absolute Gasteiger partial charge is 0.303 e. The summed E-state index contributed by atoms with van der Waals surface area (Å²) < 4.78 is 0. The molecule has 0 saturated heterocycles. The van der Waals surface area contributed by atoms with E-state index in [0.717, 1.165) is 30.6 Å². The Kier molecular flexibility index (Phi) is 3.83. The fourth-order valence-electron chi connectivity index (χ4n) is 2.25. The standard InChI is InChI=1S/C11H15N3O2S/c1-7(16)12-11-14-13-10(17-11)9-3-2-8(6-9)4-5-15/h5,8-9H,2-4,6H2,1H3,(H,12,14,16). The van der Waals surface area contributed by atoms with Gasteiger partial charge in [0.2, 0.25) is 11.0 Å². The highest BCUT2D eigenvalue weighted by molar-refractivity contribution is 7.15. The summed E-state index contributed by atoms with van der Waals surface area (Å²) in [5, 5.41) is 12.2. The second kappa shape index (κ2) is 5.35. The van der Waals surface area contributed by atoms with Crippen LogP contribution in [0.15, 0.2) is 0 Å². The number of nitrogens with zero attached hydrogens (tertiary/aromatic N) is 2. The van der Waals surface area contributed by atoms with Crippen molar-refractivity contribution in [1.82, 2.24) is 10.2 Å². The second-order valence-electron chi connectivity index (χ2n) is 4.41. The van der Waals surface area contributed by atoms with E-state index in [0.29, 0.717) is 23.4 Å². The lowest BCUT2D eigenvalue weighted by Crippen LogP contribution is -2.04. The van der Waals surface area contributed by atoms with Crippen LogP contribution in [0.3, 0.4) is 0 Å². The van der Waals surface area contributed by atoms with E-state index < -0.39 is 0 Å². The predicted octanol–water partition coefficient (Wildman–Crippen LogP) is 1.97. The van der Waals surface area contributed by atoms with Crippen molar-refractivity contribution in [3.8, 4) is 0 Å². The van der Waals surface area contributed by atoms with Crippen LogP contribution in [0.2, 0.25) is 0 Å². The van der Waals surface area contributed by atoms with Gasteiger partial charge in [-0.25, -0.2) is 0 Å². The molecule has 1 heterocycles. The molecule has 2 rings (SSSR count). The van der Waals surface area contributed by atoms with Crippen molar-refractivity contribution >= 4 is 28.7 Å². The smallest absolute Gasteiger partial charge is 0.223 e. The topological polar surface area (TPSA) is 72.0 Å². The third kappa shape index (κ3) is 3.09. The van der Waals surface area contributed by atoms with E-state index in [-0.39, 0.29) is 5.91 Å². The molecule has 0 bridgehead atoms. The lowest BCUT2D eigenvalue weighted by molar-refractivity contribution is -0.114. The maximum atomic E-state index is 10.9. The molecule has 6 heteroatoms. The van der Waals surface area contributed by atoms with Gasteiger partial charge in [-0.15, -0.1) is 10.2 Å². The zero-order chi connectivity index (χ0) is 12.3. The summed E-state index contributed by atoms with van der Waals surface area (Å²) in [7, 11) is 0. The van der Waals surface area contributed by atoms with Crippen molar-refractivity contribution in [2.24, 2.45) is 5.92 Å². The average Bonchev–Trinajstić information content (AvgIpc) is 2.86. The Labute approximate surface area is 104 Å². The van der Waals surface area contributed by atoms with Crippen LogP contribution in [0, 0.1) is 5.92 Å². The fourth-order valence-corrected chi connectivity index (χ4v) is 3.19. The summed E-state index contributed by atoms with van der Waals surface area (Å²) in [5.41, 5.74) is 0. The molecule has 92 valence electrons.